The van der Waals surface area contributed by atoms with Crippen molar-refractivity contribution >= 4 is 11.9 Å². The molecule has 0 aliphatic rings. The van der Waals surface area contributed by atoms with Crippen LogP contribution in [0.1, 0.15) is 20.3 Å². The lowest BCUT2D eigenvalue weighted by Crippen LogP contribution is -2.18. The molecule has 2 N–H and O–H groups in total. The summed E-state index contributed by atoms with van der Waals surface area (Å²) in [6.07, 6.45) is 0.185. The van der Waals surface area contributed by atoms with Gasteiger partial charge in [-0.1, -0.05) is 13.8 Å². The van der Waals surface area contributed by atoms with E-state index < -0.39 is 23.8 Å². The van der Waals surface area contributed by atoms with Crippen molar-refractivity contribution in [3.05, 3.63) is 0 Å². The van der Waals surface area contributed by atoms with Crippen molar-refractivity contribution < 1.29 is 19.8 Å². The molecule has 0 radical (unpaired) electrons. The van der Waals surface area contributed by atoms with E-state index in [1.165, 1.54) is 13.8 Å². The van der Waals surface area contributed by atoms with Crippen LogP contribution in [-0.4, -0.2) is 22.2 Å². The number of carbonyl (C=O) groups is 2. The molecule has 11 heavy (non-hydrogen) atoms. The van der Waals surface area contributed by atoms with E-state index in [1.54, 1.807) is 0 Å². The standard InChI is InChI=1S/C7H12O4/c1-4(6(8)9)3-5(2)7(10)11/h4-5H,3H2,1-2H3,(H,8,9)(H,10,11)/t4-,5-/m1/s1. The van der Waals surface area contributed by atoms with Gasteiger partial charge in [0.2, 0.25) is 0 Å². The normalized spacial score (nSPS) is 15.5. The summed E-state index contributed by atoms with van der Waals surface area (Å²) in [5, 5.41) is 16.8. The highest BCUT2D eigenvalue weighted by Crippen LogP contribution is 2.11. The molecule has 0 aromatic rings. The first-order valence-electron chi connectivity index (χ1n) is 3.40. The van der Waals surface area contributed by atoms with Gasteiger partial charge in [-0.3, -0.25) is 9.59 Å². The molecule has 4 heteroatoms. The van der Waals surface area contributed by atoms with Gasteiger partial charge in [0.1, 0.15) is 0 Å². The Kier molecular flexibility index (Phi) is 3.57. The van der Waals surface area contributed by atoms with Crippen LogP contribution in [0.2, 0.25) is 0 Å². The van der Waals surface area contributed by atoms with Gasteiger partial charge in [-0.05, 0) is 6.42 Å². The molecule has 0 bridgehead atoms. The highest BCUT2D eigenvalue weighted by Gasteiger charge is 2.19. The second-order valence-corrected chi connectivity index (χ2v) is 2.71. The molecular weight excluding hydrogens is 148 g/mol. The summed E-state index contributed by atoms with van der Waals surface area (Å²) < 4.78 is 0. The summed E-state index contributed by atoms with van der Waals surface area (Å²) in [6, 6.07) is 0. The van der Waals surface area contributed by atoms with E-state index in [-0.39, 0.29) is 6.42 Å². The van der Waals surface area contributed by atoms with E-state index in [0.29, 0.717) is 0 Å². The molecule has 0 aromatic heterocycles. The molecule has 0 heterocycles. The molecule has 4 nitrogen and oxygen atoms in total. The van der Waals surface area contributed by atoms with Crippen LogP contribution < -0.4 is 0 Å². The van der Waals surface area contributed by atoms with Crippen molar-refractivity contribution in [2.24, 2.45) is 11.8 Å². The summed E-state index contributed by atoms with van der Waals surface area (Å²) in [5.41, 5.74) is 0. The molecule has 0 aromatic carbocycles. The van der Waals surface area contributed by atoms with E-state index in [2.05, 4.69) is 0 Å². The average molecular weight is 160 g/mol. The Balaban J connectivity index is 3.84. The zero-order valence-corrected chi connectivity index (χ0v) is 6.57. The Hall–Kier alpha value is -1.06. The largest absolute Gasteiger partial charge is 0.481 e. The Morgan fingerprint density at radius 1 is 1.09 bits per heavy atom. The fourth-order valence-corrected chi connectivity index (χ4v) is 0.732. The summed E-state index contributed by atoms with van der Waals surface area (Å²) in [7, 11) is 0. The Morgan fingerprint density at radius 3 is 1.55 bits per heavy atom. The molecule has 0 spiro atoms. The molecule has 0 unspecified atom stereocenters. The number of hydrogen-bond acceptors (Lipinski definition) is 2. The van der Waals surface area contributed by atoms with Gasteiger partial charge >= 0.3 is 11.9 Å². The van der Waals surface area contributed by atoms with Crippen molar-refractivity contribution in [2.75, 3.05) is 0 Å². The summed E-state index contributed by atoms with van der Waals surface area (Å²) in [4.78, 5) is 20.5. The maximum absolute atomic E-state index is 10.3. The van der Waals surface area contributed by atoms with E-state index in [1.807, 2.05) is 0 Å². The first-order chi connectivity index (χ1) is 4.95. The van der Waals surface area contributed by atoms with E-state index in [4.69, 9.17) is 10.2 Å². The molecule has 0 aliphatic heterocycles. The second-order valence-electron chi connectivity index (χ2n) is 2.71. The zero-order chi connectivity index (χ0) is 9.02. The Labute approximate surface area is 64.8 Å². The molecule has 0 fully saturated rings. The maximum Gasteiger partial charge on any atom is 0.306 e. The van der Waals surface area contributed by atoms with Crippen LogP contribution in [-0.2, 0) is 9.59 Å². The predicted molar refractivity (Wildman–Crippen MR) is 38.2 cm³/mol. The first-order valence-corrected chi connectivity index (χ1v) is 3.40. The fraction of sp³-hybridized carbons (Fsp3) is 0.714. The quantitative estimate of drug-likeness (QED) is 0.638. The molecule has 2 atom stereocenters. The average Bonchev–Trinajstić information content (AvgIpc) is 1.87. The molecule has 0 amide bonds. The number of rotatable bonds is 4. The van der Waals surface area contributed by atoms with Crippen LogP contribution in [0.5, 0.6) is 0 Å². The van der Waals surface area contributed by atoms with Crippen molar-refractivity contribution in [2.45, 2.75) is 20.3 Å². The van der Waals surface area contributed by atoms with Crippen LogP contribution in [0.15, 0.2) is 0 Å². The van der Waals surface area contributed by atoms with E-state index in [0.717, 1.165) is 0 Å². The SMILES string of the molecule is C[C@H](C[C@@H](C)C(=O)O)C(=O)O. The van der Waals surface area contributed by atoms with Crippen LogP contribution in [0.25, 0.3) is 0 Å². The smallest absolute Gasteiger partial charge is 0.306 e. The van der Waals surface area contributed by atoms with E-state index >= 15 is 0 Å². The fourth-order valence-electron chi connectivity index (χ4n) is 0.732. The lowest BCUT2D eigenvalue weighted by atomic mass is 9.98. The van der Waals surface area contributed by atoms with Crippen molar-refractivity contribution in [3.8, 4) is 0 Å². The third kappa shape index (κ3) is 3.60. The summed E-state index contributed by atoms with van der Waals surface area (Å²) >= 11 is 0. The topological polar surface area (TPSA) is 74.6 Å². The summed E-state index contributed by atoms with van der Waals surface area (Å²) in [6.45, 7) is 3.00. The summed E-state index contributed by atoms with van der Waals surface area (Å²) in [5.74, 6) is -3.06. The molecule has 0 saturated carbocycles. The Morgan fingerprint density at radius 2 is 1.36 bits per heavy atom. The van der Waals surface area contributed by atoms with Gasteiger partial charge in [0.15, 0.2) is 0 Å². The Bertz CT molecular complexity index is 146. The number of carboxylic acid groups (broad SMARTS) is 2. The van der Waals surface area contributed by atoms with Crippen LogP contribution in [0.4, 0.5) is 0 Å². The number of hydrogen-bond donors (Lipinski definition) is 2. The van der Waals surface area contributed by atoms with Gasteiger partial charge in [-0.2, -0.15) is 0 Å². The van der Waals surface area contributed by atoms with Gasteiger partial charge < -0.3 is 10.2 Å². The minimum Gasteiger partial charge on any atom is -0.481 e. The van der Waals surface area contributed by atoms with Crippen molar-refractivity contribution in [1.82, 2.24) is 0 Å². The highest BCUT2D eigenvalue weighted by molar-refractivity contribution is 5.73. The van der Waals surface area contributed by atoms with Crippen LogP contribution >= 0.6 is 0 Å². The van der Waals surface area contributed by atoms with Crippen LogP contribution in [0.3, 0.4) is 0 Å². The van der Waals surface area contributed by atoms with Gasteiger partial charge in [0, 0.05) is 0 Å². The molecule has 0 aliphatic carbocycles. The van der Waals surface area contributed by atoms with Gasteiger partial charge in [0.25, 0.3) is 0 Å². The number of carboxylic acids is 2. The van der Waals surface area contributed by atoms with Gasteiger partial charge in [-0.25, -0.2) is 0 Å². The molecule has 0 rings (SSSR count). The van der Waals surface area contributed by atoms with Crippen molar-refractivity contribution in [3.63, 3.8) is 0 Å². The number of aliphatic carboxylic acids is 2. The van der Waals surface area contributed by atoms with Gasteiger partial charge in [-0.15, -0.1) is 0 Å². The van der Waals surface area contributed by atoms with Crippen molar-refractivity contribution in [1.29, 1.82) is 0 Å². The second kappa shape index (κ2) is 3.95. The lowest BCUT2D eigenvalue weighted by molar-refractivity contribution is -0.144. The monoisotopic (exact) mass is 160 g/mol. The minimum atomic E-state index is -0.946. The van der Waals surface area contributed by atoms with E-state index in [9.17, 15) is 9.59 Å². The van der Waals surface area contributed by atoms with Crippen LogP contribution in [0, 0.1) is 11.8 Å². The minimum absolute atomic E-state index is 0.185. The third-order valence-electron chi connectivity index (χ3n) is 1.55. The highest BCUT2D eigenvalue weighted by atomic mass is 16.4. The van der Waals surface area contributed by atoms with Gasteiger partial charge in [0.05, 0.1) is 11.8 Å². The lowest BCUT2D eigenvalue weighted by Gasteiger charge is -2.08. The maximum atomic E-state index is 10.3. The zero-order valence-electron chi connectivity index (χ0n) is 6.57. The molecule has 64 valence electrons. The predicted octanol–water partition coefficient (Wildman–Crippen LogP) is 0.818. The molecular formula is C7H12O4. The third-order valence-corrected chi connectivity index (χ3v) is 1.55. The molecule has 0 saturated heterocycles. The first kappa shape index (κ1) is 9.94.